The Morgan fingerprint density at radius 2 is 1.88 bits per heavy atom. The first-order valence-electron chi connectivity index (χ1n) is 8.06. The largest absolute Gasteiger partial charge is 0.497 e. The molecule has 1 heterocycles. The SMILES string of the molecule is COc1ccc2c(CC(=O)Nc3cccc4ccccc34)coc2c1. The van der Waals surface area contributed by atoms with Crippen molar-refractivity contribution in [1.82, 2.24) is 0 Å². The van der Waals surface area contributed by atoms with Crippen molar-refractivity contribution in [2.75, 3.05) is 12.4 Å². The number of fused-ring (bicyclic) bond motifs is 2. The molecule has 0 aliphatic rings. The smallest absolute Gasteiger partial charge is 0.228 e. The van der Waals surface area contributed by atoms with E-state index in [2.05, 4.69) is 5.32 Å². The number of nitrogens with one attached hydrogen (secondary N) is 1. The second kappa shape index (κ2) is 6.32. The molecule has 4 rings (SSSR count). The molecule has 0 aliphatic carbocycles. The van der Waals surface area contributed by atoms with E-state index in [4.69, 9.17) is 9.15 Å². The fourth-order valence-electron chi connectivity index (χ4n) is 3.03. The van der Waals surface area contributed by atoms with E-state index in [9.17, 15) is 4.79 Å². The lowest BCUT2D eigenvalue weighted by Gasteiger charge is -2.08. The van der Waals surface area contributed by atoms with Crippen molar-refractivity contribution < 1.29 is 13.9 Å². The molecule has 0 spiro atoms. The minimum Gasteiger partial charge on any atom is -0.497 e. The second-order valence-electron chi connectivity index (χ2n) is 5.87. The number of methoxy groups -OCH3 is 1. The van der Waals surface area contributed by atoms with Crippen LogP contribution in [0.5, 0.6) is 5.75 Å². The summed E-state index contributed by atoms with van der Waals surface area (Å²) in [6.45, 7) is 0. The Labute approximate surface area is 145 Å². The summed E-state index contributed by atoms with van der Waals surface area (Å²) in [7, 11) is 1.61. The van der Waals surface area contributed by atoms with Crippen LogP contribution in [-0.4, -0.2) is 13.0 Å². The lowest BCUT2D eigenvalue weighted by atomic mass is 10.1. The molecule has 4 nitrogen and oxygen atoms in total. The maximum Gasteiger partial charge on any atom is 0.228 e. The number of carbonyl (C=O) groups excluding carboxylic acids is 1. The van der Waals surface area contributed by atoms with Gasteiger partial charge in [-0.1, -0.05) is 36.4 Å². The van der Waals surface area contributed by atoms with Crippen LogP contribution in [0.4, 0.5) is 5.69 Å². The van der Waals surface area contributed by atoms with E-state index in [1.54, 1.807) is 13.4 Å². The molecular weight excluding hydrogens is 314 g/mol. The molecule has 0 unspecified atom stereocenters. The van der Waals surface area contributed by atoms with Gasteiger partial charge in [-0.15, -0.1) is 0 Å². The molecule has 4 heteroatoms. The third-order valence-electron chi connectivity index (χ3n) is 4.28. The fraction of sp³-hybridized carbons (Fsp3) is 0.0952. The summed E-state index contributed by atoms with van der Waals surface area (Å²) in [4.78, 5) is 12.5. The molecule has 0 bridgehead atoms. The van der Waals surface area contributed by atoms with E-state index in [0.717, 1.165) is 33.2 Å². The molecule has 0 radical (unpaired) electrons. The van der Waals surface area contributed by atoms with Gasteiger partial charge in [0.25, 0.3) is 0 Å². The van der Waals surface area contributed by atoms with Gasteiger partial charge >= 0.3 is 0 Å². The number of benzene rings is 3. The lowest BCUT2D eigenvalue weighted by Crippen LogP contribution is -2.14. The molecule has 0 aliphatic heterocycles. The van der Waals surface area contributed by atoms with Crippen LogP contribution >= 0.6 is 0 Å². The van der Waals surface area contributed by atoms with E-state index in [0.29, 0.717) is 5.58 Å². The van der Waals surface area contributed by atoms with Crippen LogP contribution in [0.3, 0.4) is 0 Å². The second-order valence-corrected chi connectivity index (χ2v) is 5.87. The highest BCUT2D eigenvalue weighted by molar-refractivity contribution is 6.03. The number of ether oxygens (including phenoxy) is 1. The van der Waals surface area contributed by atoms with Gasteiger partial charge in [0.1, 0.15) is 11.3 Å². The minimum absolute atomic E-state index is 0.0742. The number of rotatable bonds is 4. The fourth-order valence-corrected chi connectivity index (χ4v) is 3.03. The molecular formula is C21H17NO3. The van der Waals surface area contributed by atoms with Gasteiger partial charge in [-0.25, -0.2) is 0 Å². The van der Waals surface area contributed by atoms with E-state index >= 15 is 0 Å². The van der Waals surface area contributed by atoms with Gasteiger partial charge in [-0.05, 0) is 23.6 Å². The van der Waals surface area contributed by atoms with E-state index in [1.807, 2.05) is 60.7 Å². The van der Waals surface area contributed by atoms with E-state index < -0.39 is 0 Å². The Morgan fingerprint density at radius 1 is 1.04 bits per heavy atom. The monoisotopic (exact) mass is 331 g/mol. The molecule has 0 atom stereocenters. The maximum absolute atomic E-state index is 12.5. The van der Waals surface area contributed by atoms with Crippen LogP contribution < -0.4 is 10.1 Å². The summed E-state index contributed by atoms with van der Waals surface area (Å²) >= 11 is 0. The van der Waals surface area contributed by atoms with Crippen LogP contribution in [0.2, 0.25) is 0 Å². The van der Waals surface area contributed by atoms with Gasteiger partial charge in [-0.2, -0.15) is 0 Å². The summed E-state index contributed by atoms with van der Waals surface area (Å²) in [6, 6.07) is 19.5. The Bertz CT molecular complexity index is 1060. The number of hydrogen-bond acceptors (Lipinski definition) is 3. The van der Waals surface area contributed by atoms with Crippen molar-refractivity contribution in [3.05, 3.63) is 72.5 Å². The normalized spacial score (nSPS) is 10.9. The van der Waals surface area contributed by atoms with Crippen molar-refractivity contribution >= 4 is 33.3 Å². The van der Waals surface area contributed by atoms with Crippen LogP contribution in [0.15, 0.2) is 71.3 Å². The van der Waals surface area contributed by atoms with Crippen molar-refractivity contribution in [3.63, 3.8) is 0 Å². The van der Waals surface area contributed by atoms with E-state index in [-0.39, 0.29) is 12.3 Å². The average molecular weight is 331 g/mol. The molecule has 1 amide bonds. The van der Waals surface area contributed by atoms with Crippen LogP contribution in [0.1, 0.15) is 5.56 Å². The first-order valence-corrected chi connectivity index (χ1v) is 8.06. The number of anilines is 1. The van der Waals surface area contributed by atoms with Crippen LogP contribution in [0, 0.1) is 0 Å². The molecule has 25 heavy (non-hydrogen) atoms. The molecule has 1 aromatic heterocycles. The summed E-state index contributed by atoms with van der Waals surface area (Å²) in [5.41, 5.74) is 2.39. The number of furan rings is 1. The zero-order valence-corrected chi connectivity index (χ0v) is 13.8. The maximum atomic E-state index is 12.5. The van der Waals surface area contributed by atoms with Crippen LogP contribution in [0.25, 0.3) is 21.7 Å². The molecule has 0 fully saturated rings. The van der Waals surface area contributed by atoms with Gasteiger partial charge in [0.05, 0.1) is 19.8 Å². The highest BCUT2D eigenvalue weighted by Gasteiger charge is 2.12. The van der Waals surface area contributed by atoms with Gasteiger partial charge < -0.3 is 14.5 Å². The number of hydrogen-bond donors (Lipinski definition) is 1. The Balaban J connectivity index is 1.58. The van der Waals surface area contributed by atoms with Crippen molar-refractivity contribution in [2.24, 2.45) is 0 Å². The number of carbonyl (C=O) groups is 1. The Hall–Kier alpha value is -3.27. The van der Waals surface area contributed by atoms with Crippen molar-refractivity contribution in [2.45, 2.75) is 6.42 Å². The average Bonchev–Trinajstić information content (AvgIpc) is 3.04. The highest BCUT2D eigenvalue weighted by atomic mass is 16.5. The predicted molar refractivity (Wildman–Crippen MR) is 99.0 cm³/mol. The zero-order valence-electron chi connectivity index (χ0n) is 13.8. The Kier molecular flexibility index (Phi) is 3.86. The summed E-state index contributed by atoms with van der Waals surface area (Å²) in [5, 5.41) is 6.06. The van der Waals surface area contributed by atoms with Gasteiger partial charge in [0.2, 0.25) is 5.91 Å². The highest BCUT2D eigenvalue weighted by Crippen LogP contribution is 2.27. The standard InChI is InChI=1S/C21H17NO3/c1-24-16-9-10-18-15(13-25-20(18)12-16)11-21(23)22-19-8-4-6-14-5-2-3-7-17(14)19/h2-10,12-13H,11H2,1H3,(H,22,23). The quantitative estimate of drug-likeness (QED) is 0.586. The summed E-state index contributed by atoms with van der Waals surface area (Å²) < 4.78 is 10.7. The third kappa shape index (κ3) is 2.94. The van der Waals surface area contributed by atoms with Gasteiger partial charge in [-0.3, -0.25) is 4.79 Å². The van der Waals surface area contributed by atoms with Crippen molar-refractivity contribution in [3.8, 4) is 5.75 Å². The first-order chi connectivity index (χ1) is 12.2. The number of amides is 1. The zero-order chi connectivity index (χ0) is 17.2. The van der Waals surface area contributed by atoms with Crippen LogP contribution in [-0.2, 0) is 11.2 Å². The first kappa shape index (κ1) is 15.3. The summed E-state index contributed by atoms with van der Waals surface area (Å²) in [6.07, 6.45) is 1.88. The predicted octanol–water partition coefficient (Wildman–Crippen LogP) is 4.78. The molecule has 3 aromatic carbocycles. The van der Waals surface area contributed by atoms with Crippen molar-refractivity contribution in [1.29, 1.82) is 0 Å². The lowest BCUT2D eigenvalue weighted by molar-refractivity contribution is -0.115. The molecule has 0 saturated heterocycles. The molecule has 4 aromatic rings. The summed E-state index contributed by atoms with van der Waals surface area (Å²) in [5.74, 6) is 0.656. The van der Waals surface area contributed by atoms with E-state index in [1.165, 1.54) is 0 Å². The minimum atomic E-state index is -0.0742. The van der Waals surface area contributed by atoms with Gasteiger partial charge in [0.15, 0.2) is 0 Å². The topological polar surface area (TPSA) is 51.5 Å². The Morgan fingerprint density at radius 3 is 2.76 bits per heavy atom. The molecule has 124 valence electrons. The molecule has 0 saturated carbocycles. The van der Waals surface area contributed by atoms with Gasteiger partial charge in [0, 0.05) is 28.1 Å². The third-order valence-corrected chi connectivity index (χ3v) is 4.28. The molecule has 1 N–H and O–H groups in total.